The molecular weight excluding hydrogens is 263 g/mol. The van der Waals surface area contributed by atoms with Crippen LogP contribution in [0.1, 0.15) is 26.5 Å². The molecule has 8 heteroatoms. The average molecular weight is 277 g/mol. The van der Waals surface area contributed by atoms with Crippen LogP contribution in [-0.4, -0.2) is 16.5 Å². The Morgan fingerprint density at radius 3 is 2.37 bits per heavy atom. The lowest BCUT2D eigenvalue weighted by atomic mass is 9.97. The molecule has 0 aliphatic rings. The van der Waals surface area contributed by atoms with Gasteiger partial charge in [0, 0.05) is 6.54 Å². The standard InChI is InChI=1S/C11H14F3N3O2/c1-10(2,3)6-16-7-4-9(11(12,13)14)15-5-8(7)17(18)19/h4-5H,6H2,1-3H3,(H,15,16). The fourth-order valence-corrected chi connectivity index (χ4v) is 1.25. The van der Waals surface area contributed by atoms with E-state index in [2.05, 4.69) is 10.3 Å². The average Bonchev–Trinajstić information content (AvgIpc) is 2.23. The van der Waals surface area contributed by atoms with Crippen LogP contribution in [0.4, 0.5) is 24.5 Å². The molecule has 1 N–H and O–H groups in total. The second kappa shape index (κ2) is 5.02. The van der Waals surface area contributed by atoms with Gasteiger partial charge in [-0.1, -0.05) is 20.8 Å². The monoisotopic (exact) mass is 277 g/mol. The molecule has 1 aromatic rings. The van der Waals surface area contributed by atoms with Crippen LogP contribution in [0.2, 0.25) is 0 Å². The third kappa shape index (κ3) is 4.38. The Kier molecular flexibility index (Phi) is 4.02. The molecule has 0 atom stereocenters. The highest BCUT2D eigenvalue weighted by Crippen LogP contribution is 2.33. The molecule has 1 aromatic heterocycles. The van der Waals surface area contributed by atoms with Gasteiger partial charge in [0.25, 0.3) is 0 Å². The number of anilines is 1. The molecule has 0 amide bonds. The van der Waals surface area contributed by atoms with E-state index in [1.165, 1.54) is 0 Å². The van der Waals surface area contributed by atoms with Crippen LogP contribution in [0, 0.1) is 15.5 Å². The zero-order valence-electron chi connectivity index (χ0n) is 10.7. The van der Waals surface area contributed by atoms with Crippen molar-refractivity contribution in [2.45, 2.75) is 26.9 Å². The lowest BCUT2D eigenvalue weighted by molar-refractivity contribution is -0.384. The molecule has 0 spiro atoms. The van der Waals surface area contributed by atoms with Gasteiger partial charge in [0.2, 0.25) is 0 Å². The summed E-state index contributed by atoms with van der Waals surface area (Å²) in [4.78, 5) is 13.1. The van der Waals surface area contributed by atoms with Crippen molar-refractivity contribution in [3.8, 4) is 0 Å². The van der Waals surface area contributed by atoms with Gasteiger partial charge in [-0.3, -0.25) is 10.1 Å². The van der Waals surface area contributed by atoms with E-state index in [9.17, 15) is 23.3 Å². The number of hydrogen-bond acceptors (Lipinski definition) is 4. The van der Waals surface area contributed by atoms with Crippen molar-refractivity contribution >= 4 is 11.4 Å². The van der Waals surface area contributed by atoms with Crippen LogP contribution in [0.15, 0.2) is 12.3 Å². The fourth-order valence-electron chi connectivity index (χ4n) is 1.25. The summed E-state index contributed by atoms with van der Waals surface area (Å²) in [6, 6.07) is 0.657. The topological polar surface area (TPSA) is 68.1 Å². The number of halogens is 3. The first-order chi connectivity index (χ1) is 8.50. The van der Waals surface area contributed by atoms with Gasteiger partial charge in [-0.15, -0.1) is 0 Å². The van der Waals surface area contributed by atoms with E-state index in [4.69, 9.17) is 0 Å². The third-order valence-corrected chi connectivity index (χ3v) is 2.18. The molecule has 0 aliphatic heterocycles. The molecule has 0 bridgehead atoms. The number of alkyl halides is 3. The van der Waals surface area contributed by atoms with Gasteiger partial charge in [0.15, 0.2) is 0 Å². The second-order valence-corrected chi connectivity index (χ2v) is 5.26. The fraction of sp³-hybridized carbons (Fsp3) is 0.545. The lowest BCUT2D eigenvalue weighted by Gasteiger charge is -2.19. The van der Waals surface area contributed by atoms with Crippen LogP contribution >= 0.6 is 0 Å². The first-order valence-corrected chi connectivity index (χ1v) is 5.46. The Hall–Kier alpha value is -1.86. The van der Waals surface area contributed by atoms with Crippen molar-refractivity contribution in [1.29, 1.82) is 0 Å². The first-order valence-electron chi connectivity index (χ1n) is 5.46. The predicted octanol–water partition coefficient (Wildman–Crippen LogP) is 3.47. The van der Waals surface area contributed by atoms with Gasteiger partial charge in [-0.25, -0.2) is 4.98 Å². The third-order valence-electron chi connectivity index (χ3n) is 2.18. The number of nitrogens with zero attached hydrogens (tertiary/aromatic N) is 2. The van der Waals surface area contributed by atoms with E-state index in [1.54, 1.807) is 0 Å². The number of rotatable bonds is 3. The molecule has 0 aromatic carbocycles. The Balaban J connectivity index is 3.13. The van der Waals surface area contributed by atoms with Crippen molar-refractivity contribution in [3.05, 3.63) is 28.1 Å². The van der Waals surface area contributed by atoms with Crippen molar-refractivity contribution < 1.29 is 18.1 Å². The molecule has 19 heavy (non-hydrogen) atoms. The molecule has 1 heterocycles. The van der Waals surface area contributed by atoms with Crippen LogP contribution in [0.3, 0.4) is 0 Å². The number of nitrogens with one attached hydrogen (secondary N) is 1. The molecule has 0 unspecified atom stereocenters. The molecule has 106 valence electrons. The highest BCUT2D eigenvalue weighted by atomic mass is 19.4. The van der Waals surface area contributed by atoms with Crippen molar-refractivity contribution in [3.63, 3.8) is 0 Å². The maximum absolute atomic E-state index is 12.5. The first kappa shape index (κ1) is 15.2. The van der Waals surface area contributed by atoms with Gasteiger partial charge in [0.05, 0.1) is 4.92 Å². The number of hydrogen-bond donors (Lipinski definition) is 1. The molecule has 0 fully saturated rings. The van der Waals surface area contributed by atoms with Crippen LogP contribution in [0.25, 0.3) is 0 Å². The maximum atomic E-state index is 12.5. The zero-order valence-corrected chi connectivity index (χ0v) is 10.7. The summed E-state index contributed by atoms with van der Waals surface area (Å²) in [5.74, 6) is 0. The SMILES string of the molecule is CC(C)(C)CNc1cc(C(F)(F)F)ncc1[N+](=O)[O-]. The number of nitro groups is 1. The van der Waals surface area contributed by atoms with Crippen molar-refractivity contribution in [2.75, 3.05) is 11.9 Å². The minimum Gasteiger partial charge on any atom is -0.379 e. The van der Waals surface area contributed by atoms with E-state index in [0.29, 0.717) is 18.8 Å². The molecule has 0 aliphatic carbocycles. The molecule has 0 saturated heterocycles. The van der Waals surface area contributed by atoms with E-state index in [0.717, 1.165) is 0 Å². The van der Waals surface area contributed by atoms with Crippen molar-refractivity contribution in [2.24, 2.45) is 5.41 Å². The minimum absolute atomic E-state index is 0.178. The largest absolute Gasteiger partial charge is 0.433 e. The maximum Gasteiger partial charge on any atom is 0.433 e. The minimum atomic E-state index is -4.63. The van der Waals surface area contributed by atoms with E-state index in [-0.39, 0.29) is 11.1 Å². The normalized spacial score (nSPS) is 12.3. The molecule has 0 radical (unpaired) electrons. The van der Waals surface area contributed by atoms with E-state index in [1.807, 2.05) is 20.8 Å². The summed E-state index contributed by atoms with van der Waals surface area (Å²) in [6.45, 7) is 5.88. The highest BCUT2D eigenvalue weighted by Gasteiger charge is 2.34. The summed E-state index contributed by atoms with van der Waals surface area (Å²) in [6.07, 6.45) is -4.01. The molecular formula is C11H14F3N3O2. The summed E-state index contributed by atoms with van der Waals surface area (Å²) in [5, 5.41) is 13.4. The highest BCUT2D eigenvalue weighted by molar-refractivity contribution is 5.61. The Labute approximate surface area is 108 Å². The summed E-state index contributed by atoms with van der Waals surface area (Å²) < 4.78 is 37.5. The second-order valence-electron chi connectivity index (χ2n) is 5.26. The van der Waals surface area contributed by atoms with E-state index < -0.39 is 22.5 Å². The summed E-state index contributed by atoms with van der Waals surface area (Å²) in [5.41, 5.74) is -2.04. The number of aromatic nitrogens is 1. The molecule has 1 rings (SSSR count). The summed E-state index contributed by atoms with van der Waals surface area (Å²) >= 11 is 0. The Bertz CT molecular complexity index is 481. The van der Waals surface area contributed by atoms with E-state index >= 15 is 0 Å². The van der Waals surface area contributed by atoms with Gasteiger partial charge in [-0.05, 0) is 11.5 Å². The van der Waals surface area contributed by atoms with Gasteiger partial charge < -0.3 is 5.32 Å². The number of pyridine rings is 1. The van der Waals surface area contributed by atoms with Crippen LogP contribution in [-0.2, 0) is 6.18 Å². The quantitative estimate of drug-likeness (QED) is 0.678. The lowest BCUT2D eigenvalue weighted by Crippen LogP contribution is -2.20. The van der Waals surface area contributed by atoms with Gasteiger partial charge >= 0.3 is 11.9 Å². The smallest absolute Gasteiger partial charge is 0.379 e. The summed E-state index contributed by atoms with van der Waals surface area (Å²) in [7, 11) is 0. The molecule has 0 saturated carbocycles. The zero-order chi connectivity index (χ0) is 14.8. The van der Waals surface area contributed by atoms with Crippen LogP contribution in [0.5, 0.6) is 0 Å². The van der Waals surface area contributed by atoms with Crippen LogP contribution < -0.4 is 5.32 Å². The van der Waals surface area contributed by atoms with Gasteiger partial charge in [-0.2, -0.15) is 13.2 Å². The Morgan fingerprint density at radius 2 is 1.95 bits per heavy atom. The predicted molar refractivity (Wildman–Crippen MR) is 63.8 cm³/mol. The van der Waals surface area contributed by atoms with Crippen molar-refractivity contribution in [1.82, 2.24) is 4.98 Å². The van der Waals surface area contributed by atoms with Gasteiger partial charge in [0.1, 0.15) is 17.6 Å². The Morgan fingerprint density at radius 1 is 1.37 bits per heavy atom. The molecule has 5 nitrogen and oxygen atoms in total.